The number of rotatable bonds is 44. The number of ether oxygens (including phenoxy) is 2. The molecule has 0 spiro atoms. The Hall–Kier alpha value is -0.790. The molecule has 322 valence electrons. The van der Waals surface area contributed by atoms with Crippen LogP contribution in [0.15, 0.2) is 0 Å². The molecule has 6 nitrogen and oxygen atoms in total. The second-order valence-electron chi connectivity index (χ2n) is 16.2. The topological polar surface area (TPSA) is 76.1 Å². The number of unbranched alkanes of at least 4 members (excludes halogenated alkanes) is 23. The van der Waals surface area contributed by atoms with Crippen molar-refractivity contribution < 1.29 is 24.2 Å². The summed E-state index contributed by atoms with van der Waals surface area (Å²) in [6.07, 6.45) is 38.1. The number of nitrogens with zero attached hydrogens (tertiary/aromatic N) is 1. The van der Waals surface area contributed by atoms with Gasteiger partial charge in [-0.25, -0.2) is 0 Å². The van der Waals surface area contributed by atoms with E-state index in [1.807, 2.05) is 11.8 Å². The fraction of sp³-hybridized carbons (Fsp3) is 0.957. The minimum Gasteiger partial charge on any atom is -0.465 e. The predicted molar refractivity (Wildman–Crippen MR) is 236 cm³/mol. The fourth-order valence-corrected chi connectivity index (χ4v) is 8.48. The summed E-state index contributed by atoms with van der Waals surface area (Å²) < 4.78 is 11.7. The van der Waals surface area contributed by atoms with E-state index >= 15 is 0 Å². The number of carbonyl (C=O) groups excluding carboxylic acids is 2. The molecule has 0 aliphatic rings. The van der Waals surface area contributed by atoms with Gasteiger partial charge in [-0.15, -0.1) is 0 Å². The highest BCUT2D eigenvalue weighted by Gasteiger charge is 2.18. The molecule has 0 radical (unpaired) electrons. The summed E-state index contributed by atoms with van der Waals surface area (Å²) in [6, 6.07) is 0. The van der Waals surface area contributed by atoms with Crippen molar-refractivity contribution in [1.82, 2.24) is 4.90 Å². The van der Waals surface area contributed by atoms with E-state index in [4.69, 9.17) is 9.47 Å². The molecule has 0 amide bonds. The molecule has 0 heterocycles. The molecular formula is C47H93NO5S. The first-order chi connectivity index (χ1) is 26.5. The van der Waals surface area contributed by atoms with Crippen LogP contribution in [0.3, 0.4) is 0 Å². The van der Waals surface area contributed by atoms with E-state index in [1.165, 1.54) is 128 Å². The van der Waals surface area contributed by atoms with E-state index in [0.29, 0.717) is 19.6 Å². The molecule has 0 saturated heterocycles. The van der Waals surface area contributed by atoms with E-state index in [0.717, 1.165) is 95.2 Å². The molecule has 0 aromatic carbocycles. The van der Waals surface area contributed by atoms with Gasteiger partial charge in [-0.2, -0.15) is 11.8 Å². The first kappa shape index (κ1) is 53.2. The molecule has 0 rings (SSSR count). The Morgan fingerprint density at radius 1 is 0.556 bits per heavy atom. The molecule has 0 bridgehead atoms. The molecule has 0 aromatic rings. The summed E-state index contributed by atoms with van der Waals surface area (Å²) in [5.41, 5.74) is 0. The van der Waals surface area contributed by atoms with Gasteiger partial charge in [0.05, 0.1) is 19.1 Å². The fourth-order valence-electron chi connectivity index (χ4n) is 7.24. The van der Waals surface area contributed by atoms with Crippen LogP contribution in [0.4, 0.5) is 0 Å². The van der Waals surface area contributed by atoms with Crippen LogP contribution in [-0.2, 0) is 19.1 Å². The zero-order valence-electron chi connectivity index (χ0n) is 36.7. The van der Waals surface area contributed by atoms with Crippen molar-refractivity contribution in [2.45, 2.75) is 239 Å². The van der Waals surface area contributed by atoms with Crippen LogP contribution >= 0.6 is 11.8 Å². The molecule has 0 aromatic heterocycles. The maximum Gasteiger partial charge on any atom is 0.309 e. The lowest BCUT2D eigenvalue weighted by Crippen LogP contribution is -2.29. The summed E-state index contributed by atoms with van der Waals surface area (Å²) in [4.78, 5) is 27.7. The largest absolute Gasteiger partial charge is 0.465 e. The molecule has 0 aliphatic heterocycles. The second kappa shape index (κ2) is 43.3. The average Bonchev–Trinajstić information content (AvgIpc) is 3.17. The quantitative estimate of drug-likeness (QED) is 0.0487. The SMILES string of the molecule is CCCCCCCCCCSCC(CC)C(=O)OCCCCCN(CCO)CCCCCCCC(=O)OC(CCCCCCCC)CCCCCCCC. The van der Waals surface area contributed by atoms with Gasteiger partial charge in [0.1, 0.15) is 6.10 Å². The summed E-state index contributed by atoms with van der Waals surface area (Å²) in [6.45, 7) is 12.3. The molecule has 7 heteroatoms. The number of hydrogen-bond donors (Lipinski definition) is 1. The van der Waals surface area contributed by atoms with Crippen molar-refractivity contribution in [1.29, 1.82) is 0 Å². The van der Waals surface area contributed by atoms with Gasteiger partial charge >= 0.3 is 11.9 Å². The van der Waals surface area contributed by atoms with E-state index in [-0.39, 0.29) is 30.6 Å². The number of aliphatic hydroxyl groups excluding tert-OH is 1. The van der Waals surface area contributed by atoms with Gasteiger partial charge in [-0.3, -0.25) is 9.59 Å². The Morgan fingerprint density at radius 2 is 1.02 bits per heavy atom. The molecule has 1 atom stereocenters. The van der Waals surface area contributed by atoms with Crippen molar-refractivity contribution >= 4 is 23.7 Å². The second-order valence-corrected chi connectivity index (χ2v) is 17.3. The van der Waals surface area contributed by atoms with Gasteiger partial charge in [0.25, 0.3) is 0 Å². The van der Waals surface area contributed by atoms with Crippen LogP contribution in [0.25, 0.3) is 0 Å². The average molecular weight is 784 g/mol. The Labute approximate surface area is 341 Å². The van der Waals surface area contributed by atoms with Crippen LogP contribution in [0, 0.1) is 5.92 Å². The predicted octanol–water partition coefficient (Wildman–Crippen LogP) is 13.6. The van der Waals surface area contributed by atoms with Crippen molar-refractivity contribution in [3.8, 4) is 0 Å². The van der Waals surface area contributed by atoms with Crippen LogP contribution in [-0.4, -0.2) is 72.4 Å². The summed E-state index contributed by atoms with van der Waals surface area (Å²) >= 11 is 1.92. The van der Waals surface area contributed by atoms with Gasteiger partial charge in [-0.05, 0) is 89.5 Å². The van der Waals surface area contributed by atoms with Gasteiger partial charge in [0.2, 0.25) is 0 Å². The third-order valence-electron chi connectivity index (χ3n) is 11.0. The van der Waals surface area contributed by atoms with E-state index in [1.54, 1.807) is 0 Å². The first-order valence-corrected chi connectivity index (χ1v) is 24.9. The van der Waals surface area contributed by atoms with E-state index in [2.05, 4.69) is 32.6 Å². The Morgan fingerprint density at radius 3 is 1.54 bits per heavy atom. The lowest BCUT2D eigenvalue weighted by atomic mass is 10.0. The molecule has 1 N–H and O–H groups in total. The third-order valence-corrected chi connectivity index (χ3v) is 12.2. The minimum atomic E-state index is -0.0177. The van der Waals surface area contributed by atoms with Crippen LogP contribution in [0.5, 0.6) is 0 Å². The number of thioether (sulfide) groups is 1. The normalized spacial score (nSPS) is 12.2. The molecule has 54 heavy (non-hydrogen) atoms. The summed E-state index contributed by atoms with van der Waals surface area (Å²) in [5, 5.41) is 9.59. The number of carbonyl (C=O) groups is 2. The minimum absolute atomic E-state index is 0.00869. The van der Waals surface area contributed by atoms with Crippen molar-refractivity contribution in [3.63, 3.8) is 0 Å². The zero-order valence-corrected chi connectivity index (χ0v) is 37.5. The smallest absolute Gasteiger partial charge is 0.309 e. The highest BCUT2D eigenvalue weighted by molar-refractivity contribution is 7.99. The van der Waals surface area contributed by atoms with Crippen molar-refractivity contribution in [3.05, 3.63) is 0 Å². The van der Waals surface area contributed by atoms with Gasteiger partial charge in [0, 0.05) is 18.7 Å². The number of esters is 2. The highest BCUT2D eigenvalue weighted by atomic mass is 32.2. The maximum absolute atomic E-state index is 12.7. The Balaban J connectivity index is 4.06. The number of aliphatic hydroxyl groups is 1. The van der Waals surface area contributed by atoms with Crippen LogP contribution in [0.2, 0.25) is 0 Å². The van der Waals surface area contributed by atoms with Gasteiger partial charge in [0.15, 0.2) is 0 Å². The van der Waals surface area contributed by atoms with E-state index < -0.39 is 0 Å². The molecule has 0 fully saturated rings. The van der Waals surface area contributed by atoms with Crippen molar-refractivity contribution in [2.24, 2.45) is 5.92 Å². The molecule has 1 unspecified atom stereocenters. The lowest BCUT2D eigenvalue weighted by Gasteiger charge is -2.21. The number of hydrogen-bond acceptors (Lipinski definition) is 7. The molecular weight excluding hydrogens is 691 g/mol. The lowest BCUT2D eigenvalue weighted by molar-refractivity contribution is -0.150. The van der Waals surface area contributed by atoms with Gasteiger partial charge in [-0.1, -0.05) is 156 Å². The summed E-state index contributed by atoms with van der Waals surface area (Å²) in [7, 11) is 0. The van der Waals surface area contributed by atoms with Crippen LogP contribution < -0.4 is 0 Å². The summed E-state index contributed by atoms with van der Waals surface area (Å²) in [5.74, 6) is 2.04. The molecule has 0 aliphatic carbocycles. The zero-order chi connectivity index (χ0) is 39.6. The van der Waals surface area contributed by atoms with E-state index in [9.17, 15) is 14.7 Å². The maximum atomic E-state index is 12.7. The first-order valence-electron chi connectivity index (χ1n) is 23.8. The molecule has 0 saturated carbocycles. The van der Waals surface area contributed by atoms with Crippen molar-refractivity contribution in [2.75, 3.05) is 44.4 Å². The third kappa shape index (κ3) is 36.8. The Bertz CT molecular complexity index is 767. The van der Waals surface area contributed by atoms with Crippen LogP contribution in [0.1, 0.15) is 233 Å². The highest BCUT2D eigenvalue weighted by Crippen LogP contribution is 2.19. The monoisotopic (exact) mass is 784 g/mol. The van der Waals surface area contributed by atoms with Gasteiger partial charge < -0.3 is 19.5 Å². The Kier molecular flexibility index (Phi) is 42.7. The standard InChI is InChI=1S/C47H93NO5S/c1-5-9-12-15-18-19-25-33-42-54-43-44(8-4)47(51)52-41-32-26-31-38-48(39-40-49)37-30-24-20-23-29-36-46(50)53-45(34-27-21-16-13-10-6-2)35-28-22-17-14-11-7-3/h44-45,49H,5-43H2,1-4H3.